The molecule has 2 N–H and O–H groups in total. The van der Waals surface area contributed by atoms with Gasteiger partial charge in [0.1, 0.15) is 0 Å². The molecule has 5 aliphatic carbocycles. The first-order chi connectivity index (χ1) is 16.8. The second-order valence-corrected chi connectivity index (χ2v) is 15.1. The van der Waals surface area contributed by atoms with Gasteiger partial charge in [-0.05, 0) is 122 Å². The Hall–Kier alpha value is -1.27. The first kappa shape index (κ1) is 26.3. The quantitative estimate of drug-likeness (QED) is 0.337. The average molecular weight is 494 g/mol. The summed E-state index contributed by atoms with van der Waals surface area (Å²) in [5, 5.41) is 14.1. The predicted molar refractivity (Wildman–Crippen MR) is 147 cm³/mol. The lowest BCUT2D eigenvalue weighted by Crippen LogP contribution is -2.67. The molecule has 5 saturated carbocycles. The number of amides is 1. The van der Waals surface area contributed by atoms with Gasteiger partial charge in [-0.2, -0.15) is 0 Å². The van der Waals surface area contributed by atoms with Crippen LogP contribution in [-0.4, -0.2) is 23.7 Å². The molecule has 3 nitrogen and oxygen atoms in total. The number of terminal acetylenes is 1. The summed E-state index contributed by atoms with van der Waals surface area (Å²) in [5.74, 6) is 5.46. The Morgan fingerprint density at radius 1 is 0.944 bits per heavy atom. The molecule has 0 aromatic carbocycles. The number of aliphatic hydroxyl groups excluding tert-OH is 1. The second-order valence-electron chi connectivity index (χ2n) is 15.1. The van der Waals surface area contributed by atoms with Crippen LogP contribution < -0.4 is 5.32 Å². The van der Waals surface area contributed by atoms with E-state index < -0.39 is 0 Å². The molecule has 5 aliphatic rings. The Labute approximate surface area is 220 Å². The fourth-order valence-corrected chi connectivity index (χ4v) is 11.8. The number of nitrogens with one attached hydrogen (secondary N) is 1. The first-order valence-electron chi connectivity index (χ1n) is 14.8. The molecule has 200 valence electrons. The molecule has 5 fully saturated rings. The lowest BCUT2D eigenvalue weighted by atomic mass is 9.32. The van der Waals surface area contributed by atoms with Crippen molar-refractivity contribution < 1.29 is 9.90 Å². The molecule has 0 aromatic heterocycles. The molecule has 10 atom stereocenters. The maximum Gasteiger partial charge on any atom is 0.227 e. The van der Waals surface area contributed by atoms with E-state index in [4.69, 9.17) is 6.42 Å². The van der Waals surface area contributed by atoms with Crippen molar-refractivity contribution in [3.8, 4) is 12.3 Å². The van der Waals surface area contributed by atoms with Gasteiger partial charge in [0.05, 0.1) is 18.1 Å². The number of hydrogen-bond donors (Lipinski definition) is 2. The highest BCUT2D eigenvalue weighted by molar-refractivity contribution is 5.84. The van der Waals surface area contributed by atoms with E-state index >= 15 is 0 Å². The fourth-order valence-electron chi connectivity index (χ4n) is 11.8. The van der Waals surface area contributed by atoms with E-state index in [0.717, 1.165) is 38.5 Å². The van der Waals surface area contributed by atoms with Crippen LogP contribution in [0.5, 0.6) is 0 Å². The largest absolute Gasteiger partial charge is 0.393 e. The summed E-state index contributed by atoms with van der Waals surface area (Å²) in [6, 6.07) is 0. The molecule has 0 bridgehead atoms. The lowest BCUT2D eigenvalue weighted by molar-refractivity contribution is -0.246. The van der Waals surface area contributed by atoms with Crippen LogP contribution in [-0.2, 0) is 4.79 Å². The maximum atomic E-state index is 13.8. The minimum atomic E-state index is -0.286. The molecular weight excluding hydrogens is 442 g/mol. The third kappa shape index (κ3) is 3.18. The first-order valence-corrected chi connectivity index (χ1v) is 14.8. The topological polar surface area (TPSA) is 49.3 Å². The van der Waals surface area contributed by atoms with Crippen LogP contribution >= 0.6 is 0 Å². The van der Waals surface area contributed by atoms with Crippen molar-refractivity contribution in [3.05, 3.63) is 12.2 Å². The monoisotopic (exact) mass is 493 g/mol. The van der Waals surface area contributed by atoms with Crippen molar-refractivity contribution in [1.29, 1.82) is 0 Å². The molecule has 0 spiro atoms. The molecule has 5 rings (SSSR count). The predicted octanol–water partition coefficient (Wildman–Crippen LogP) is 6.75. The van der Waals surface area contributed by atoms with Gasteiger partial charge in [-0.1, -0.05) is 52.7 Å². The smallest absolute Gasteiger partial charge is 0.227 e. The number of rotatable bonds is 3. The number of hydrogen-bond acceptors (Lipinski definition) is 2. The van der Waals surface area contributed by atoms with Gasteiger partial charge >= 0.3 is 0 Å². The molecule has 3 heteroatoms. The van der Waals surface area contributed by atoms with Crippen LogP contribution in [0.25, 0.3) is 0 Å². The lowest BCUT2D eigenvalue weighted by Gasteiger charge is -2.72. The highest BCUT2D eigenvalue weighted by Gasteiger charge is 2.71. The third-order valence-electron chi connectivity index (χ3n) is 13.8. The van der Waals surface area contributed by atoms with Crippen molar-refractivity contribution in [2.45, 2.75) is 112 Å². The Kier molecular flexibility index (Phi) is 6.12. The number of aliphatic hydroxyl groups is 1. The standard InChI is InChI=1S/C33H51NO2/c1-9-20-34-28(36)33-17-12-22(21(2)3)27(33)23-10-11-25-30(6)15-14-26(35)29(4,5)24(30)13-16-32(25,8)31(23,7)18-19-33/h1,22-27,35H,2,10-20H2,3-8H3,(H,34,36). The molecule has 0 aromatic rings. The van der Waals surface area contributed by atoms with E-state index in [1.54, 1.807) is 0 Å². The zero-order chi connectivity index (χ0) is 26.3. The van der Waals surface area contributed by atoms with E-state index in [1.165, 1.54) is 31.3 Å². The molecule has 10 unspecified atom stereocenters. The van der Waals surface area contributed by atoms with E-state index in [1.807, 2.05) is 0 Å². The van der Waals surface area contributed by atoms with Crippen molar-refractivity contribution in [3.63, 3.8) is 0 Å². The summed E-state index contributed by atoms with van der Waals surface area (Å²) in [6.45, 7) is 19.5. The zero-order valence-corrected chi connectivity index (χ0v) is 23.9. The van der Waals surface area contributed by atoms with Crippen LogP contribution in [0, 0.1) is 69.0 Å². The molecule has 1 amide bonds. The molecule has 36 heavy (non-hydrogen) atoms. The highest BCUT2D eigenvalue weighted by atomic mass is 16.3. The summed E-state index contributed by atoms with van der Waals surface area (Å²) < 4.78 is 0. The zero-order valence-electron chi connectivity index (χ0n) is 23.9. The number of allylic oxidation sites excluding steroid dienone is 1. The highest BCUT2D eigenvalue weighted by Crippen LogP contribution is 2.77. The number of carbonyl (C=O) groups is 1. The van der Waals surface area contributed by atoms with Crippen molar-refractivity contribution >= 4 is 5.91 Å². The van der Waals surface area contributed by atoms with Gasteiger partial charge in [0.15, 0.2) is 0 Å². The Balaban J connectivity index is 1.54. The van der Waals surface area contributed by atoms with Gasteiger partial charge in [-0.3, -0.25) is 4.79 Å². The Bertz CT molecular complexity index is 977. The van der Waals surface area contributed by atoms with Crippen molar-refractivity contribution in [2.24, 2.45) is 56.7 Å². The molecule has 0 saturated heterocycles. The fraction of sp³-hybridized carbons (Fsp3) is 0.848. The van der Waals surface area contributed by atoms with Crippen LogP contribution in [0.3, 0.4) is 0 Å². The number of fused-ring (bicyclic) bond motifs is 7. The summed E-state index contributed by atoms with van der Waals surface area (Å²) >= 11 is 0. The molecule has 0 heterocycles. The Morgan fingerprint density at radius 2 is 1.67 bits per heavy atom. The van der Waals surface area contributed by atoms with Crippen LogP contribution in [0.15, 0.2) is 12.2 Å². The maximum absolute atomic E-state index is 13.8. The molecule has 0 aliphatic heterocycles. The van der Waals surface area contributed by atoms with Gasteiger partial charge in [-0.25, -0.2) is 0 Å². The number of carbonyl (C=O) groups excluding carboxylic acids is 1. The van der Waals surface area contributed by atoms with Gasteiger partial charge in [0, 0.05) is 0 Å². The second kappa shape index (κ2) is 8.36. The summed E-state index contributed by atoms with van der Waals surface area (Å²) in [4.78, 5) is 13.8. The summed E-state index contributed by atoms with van der Waals surface area (Å²) in [7, 11) is 0. The van der Waals surface area contributed by atoms with Gasteiger partial charge < -0.3 is 10.4 Å². The van der Waals surface area contributed by atoms with Crippen LogP contribution in [0.1, 0.15) is 106 Å². The normalized spacial score (nSPS) is 51.1. The minimum absolute atomic E-state index is 0.0145. The minimum Gasteiger partial charge on any atom is -0.393 e. The van der Waals surface area contributed by atoms with E-state index in [2.05, 4.69) is 59.4 Å². The van der Waals surface area contributed by atoms with Crippen LogP contribution in [0.4, 0.5) is 0 Å². The van der Waals surface area contributed by atoms with Crippen molar-refractivity contribution in [1.82, 2.24) is 5.32 Å². The average Bonchev–Trinajstić information content (AvgIpc) is 3.22. The SMILES string of the molecule is C#CCNC(=O)C12CCC(C(=C)C)C1C1CCC3C4(C)CCC(O)C(C)(C)C4CCC3(C)C1(C)CC2. The molecule has 0 radical (unpaired) electrons. The van der Waals surface area contributed by atoms with E-state index in [9.17, 15) is 9.90 Å². The van der Waals surface area contributed by atoms with Crippen LogP contribution in [0.2, 0.25) is 0 Å². The Morgan fingerprint density at radius 3 is 2.33 bits per heavy atom. The molecular formula is C33H51NO2. The van der Waals surface area contributed by atoms with Gasteiger partial charge in [0.25, 0.3) is 0 Å². The van der Waals surface area contributed by atoms with E-state index in [-0.39, 0.29) is 39.1 Å². The van der Waals surface area contributed by atoms with E-state index in [0.29, 0.717) is 36.1 Å². The third-order valence-corrected chi connectivity index (χ3v) is 13.8. The van der Waals surface area contributed by atoms with Gasteiger partial charge in [0.2, 0.25) is 5.91 Å². The summed E-state index contributed by atoms with van der Waals surface area (Å²) in [5.41, 5.74) is 1.74. The van der Waals surface area contributed by atoms with Crippen molar-refractivity contribution in [2.75, 3.05) is 6.54 Å². The van der Waals surface area contributed by atoms with Gasteiger partial charge in [-0.15, -0.1) is 6.42 Å². The summed E-state index contributed by atoms with van der Waals surface area (Å²) in [6.07, 6.45) is 16.6.